The number of aryl methyl sites for hydroxylation is 1. The minimum absolute atomic E-state index is 0.0688. The molecule has 2 heterocycles. The van der Waals surface area contributed by atoms with Gasteiger partial charge in [0, 0.05) is 11.8 Å². The third-order valence-corrected chi connectivity index (χ3v) is 2.95. The second-order valence-electron chi connectivity index (χ2n) is 4.52. The molecule has 2 aromatic heterocycles. The van der Waals surface area contributed by atoms with Crippen molar-refractivity contribution in [3.63, 3.8) is 0 Å². The molecule has 100 valence electrons. The van der Waals surface area contributed by atoms with Gasteiger partial charge in [-0.2, -0.15) is 4.80 Å². The number of carbonyl (C=O) groups is 1. The molecule has 0 fully saturated rings. The molecule has 0 saturated heterocycles. The van der Waals surface area contributed by atoms with Gasteiger partial charge in [0.2, 0.25) is 11.6 Å². The Labute approximate surface area is 115 Å². The highest BCUT2D eigenvalue weighted by atomic mass is 16.1. The number of tetrazole rings is 1. The molecule has 0 amide bonds. The SMILES string of the molecule is Cc1ccc(-c2nnn(CC(=O)c3ccc[nH]3)n2)cc1. The quantitative estimate of drug-likeness (QED) is 0.732. The van der Waals surface area contributed by atoms with Crippen LogP contribution in [0.3, 0.4) is 0 Å². The summed E-state index contributed by atoms with van der Waals surface area (Å²) >= 11 is 0. The Balaban J connectivity index is 1.77. The number of nitrogens with zero attached hydrogens (tertiary/aromatic N) is 4. The van der Waals surface area contributed by atoms with Gasteiger partial charge in [0.1, 0.15) is 6.54 Å². The van der Waals surface area contributed by atoms with E-state index in [2.05, 4.69) is 20.4 Å². The molecule has 6 heteroatoms. The first-order valence-corrected chi connectivity index (χ1v) is 6.24. The number of H-pyrrole nitrogens is 1. The molecule has 1 aromatic carbocycles. The number of rotatable bonds is 4. The highest BCUT2D eigenvalue weighted by molar-refractivity contribution is 5.93. The average Bonchev–Trinajstić information content (AvgIpc) is 3.10. The number of hydrogen-bond acceptors (Lipinski definition) is 4. The Morgan fingerprint density at radius 3 is 2.75 bits per heavy atom. The Morgan fingerprint density at radius 2 is 2.05 bits per heavy atom. The number of ketones is 1. The predicted octanol–water partition coefficient (Wildman–Crippen LogP) is 1.86. The number of Topliss-reactive ketones (excluding diaryl/α,β-unsaturated/α-hetero) is 1. The molecule has 0 spiro atoms. The van der Waals surface area contributed by atoms with Crippen molar-refractivity contribution in [1.82, 2.24) is 25.2 Å². The van der Waals surface area contributed by atoms with Crippen LogP contribution >= 0.6 is 0 Å². The molecule has 1 N–H and O–H groups in total. The number of hydrogen-bond donors (Lipinski definition) is 1. The number of nitrogens with one attached hydrogen (secondary N) is 1. The Kier molecular flexibility index (Phi) is 3.12. The molecule has 0 aliphatic heterocycles. The molecular weight excluding hydrogens is 254 g/mol. The van der Waals surface area contributed by atoms with Crippen molar-refractivity contribution >= 4 is 5.78 Å². The van der Waals surface area contributed by atoms with Gasteiger partial charge in [0.15, 0.2) is 0 Å². The van der Waals surface area contributed by atoms with Crippen molar-refractivity contribution in [3.8, 4) is 11.4 Å². The largest absolute Gasteiger partial charge is 0.359 e. The van der Waals surface area contributed by atoms with Crippen LogP contribution in [0.1, 0.15) is 16.1 Å². The molecule has 6 nitrogen and oxygen atoms in total. The van der Waals surface area contributed by atoms with Crippen molar-refractivity contribution in [2.45, 2.75) is 13.5 Å². The van der Waals surface area contributed by atoms with Crippen LogP contribution in [0, 0.1) is 6.92 Å². The summed E-state index contributed by atoms with van der Waals surface area (Å²) in [7, 11) is 0. The molecular formula is C14H13N5O. The van der Waals surface area contributed by atoms with Crippen LogP contribution in [0.5, 0.6) is 0 Å². The van der Waals surface area contributed by atoms with E-state index in [-0.39, 0.29) is 12.3 Å². The third-order valence-electron chi connectivity index (χ3n) is 2.95. The van der Waals surface area contributed by atoms with Gasteiger partial charge in [0.25, 0.3) is 0 Å². The number of aromatic amines is 1. The summed E-state index contributed by atoms with van der Waals surface area (Å²) in [5.41, 5.74) is 2.59. The van der Waals surface area contributed by atoms with Gasteiger partial charge in [0.05, 0.1) is 5.69 Å². The highest BCUT2D eigenvalue weighted by Crippen LogP contribution is 2.13. The molecule has 0 unspecified atom stereocenters. The molecule has 0 aliphatic rings. The van der Waals surface area contributed by atoms with E-state index >= 15 is 0 Å². The van der Waals surface area contributed by atoms with Crippen LogP contribution < -0.4 is 0 Å². The Hall–Kier alpha value is -2.76. The molecule has 0 radical (unpaired) electrons. The van der Waals surface area contributed by atoms with Gasteiger partial charge in [-0.25, -0.2) is 0 Å². The molecule has 3 rings (SSSR count). The Morgan fingerprint density at radius 1 is 1.25 bits per heavy atom. The van der Waals surface area contributed by atoms with Crippen LogP contribution in [-0.2, 0) is 6.54 Å². The molecule has 0 bridgehead atoms. The van der Waals surface area contributed by atoms with Gasteiger partial charge in [-0.15, -0.1) is 10.2 Å². The lowest BCUT2D eigenvalue weighted by Crippen LogP contribution is -2.13. The lowest BCUT2D eigenvalue weighted by atomic mass is 10.1. The van der Waals surface area contributed by atoms with Crippen molar-refractivity contribution in [2.75, 3.05) is 0 Å². The zero-order valence-corrected chi connectivity index (χ0v) is 10.9. The second kappa shape index (κ2) is 5.08. The average molecular weight is 267 g/mol. The first-order chi connectivity index (χ1) is 9.72. The van der Waals surface area contributed by atoms with Crippen molar-refractivity contribution in [1.29, 1.82) is 0 Å². The van der Waals surface area contributed by atoms with Crippen molar-refractivity contribution in [2.24, 2.45) is 0 Å². The summed E-state index contributed by atoms with van der Waals surface area (Å²) in [6.45, 7) is 2.09. The lowest BCUT2D eigenvalue weighted by molar-refractivity contribution is 0.0957. The van der Waals surface area contributed by atoms with Crippen LogP contribution in [0.25, 0.3) is 11.4 Å². The maximum absolute atomic E-state index is 11.9. The van der Waals surface area contributed by atoms with E-state index in [0.717, 1.165) is 5.56 Å². The summed E-state index contributed by atoms with van der Waals surface area (Å²) in [6, 6.07) is 11.3. The van der Waals surface area contributed by atoms with E-state index in [1.807, 2.05) is 31.2 Å². The predicted molar refractivity (Wildman–Crippen MR) is 73.1 cm³/mol. The van der Waals surface area contributed by atoms with Gasteiger partial charge in [-0.05, 0) is 24.3 Å². The summed E-state index contributed by atoms with van der Waals surface area (Å²) in [5, 5.41) is 12.1. The van der Waals surface area contributed by atoms with E-state index in [0.29, 0.717) is 11.5 Å². The third kappa shape index (κ3) is 2.49. The summed E-state index contributed by atoms with van der Waals surface area (Å²) in [6.07, 6.45) is 1.71. The maximum Gasteiger partial charge on any atom is 0.204 e. The van der Waals surface area contributed by atoms with Gasteiger partial charge in [-0.3, -0.25) is 4.79 Å². The molecule has 3 aromatic rings. The van der Waals surface area contributed by atoms with Crippen LogP contribution in [0.4, 0.5) is 0 Å². The fourth-order valence-electron chi connectivity index (χ4n) is 1.85. The fourth-order valence-corrected chi connectivity index (χ4v) is 1.85. The van der Waals surface area contributed by atoms with Gasteiger partial charge in [-0.1, -0.05) is 29.8 Å². The minimum Gasteiger partial charge on any atom is -0.359 e. The zero-order chi connectivity index (χ0) is 13.9. The van der Waals surface area contributed by atoms with Crippen molar-refractivity contribution < 1.29 is 4.79 Å². The molecule has 0 saturated carbocycles. The van der Waals surface area contributed by atoms with E-state index < -0.39 is 0 Å². The summed E-state index contributed by atoms with van der Waals surface area (Å²) < 4.78 is 0. The lowest BCUT2D eigenvalue weighted by Gasteiger charge is -1.97. The number of benzene rings is 1. The minimum atomic E-state index is -0.0807. The zero-order valence-electron chi connectivity index (χ0n) is 10.9. The van der Waals surface area contributed by atoms with E-state index in [4.69, 9.17) is 0 Å². The molecule has 0 aliphatic carbocycles. The Bertz CT molecular complexity index is 712. The van der Waals surface area contributed by atoms with Gasteiger partial charge >= 0.3 is 0 Å². The number of carbonyl (C=O) groups excluding carboxylic acids is 1. The van der Waals surface area contributed by atoms with E-state index in [1.54, 1.807) is 18.3 Å². The first kappa shape index (κ1) is 12.3. The molecule has 20 heavy (non-hydrogen) atoms. The normalized spacial score (nSPS) is 10.7. The fraction of sp³-hybridized carbons (Fsp3) is 0.143. The van der Waals surface area contributed by atoms with Crippen LogP contribution in [0.2, 0.25) is 0 Å². The smallest absolute Gasteiger partial charge is 0.204 e. The second-order valence-corrected chi connectivity index (χ2v) is 4.52. The van der Waals surface area contributed by atoms with Crippen LogP contribution in [-0.4, -0.2) is 31.0 Å². The highest BCUT2D eigenvalue weighted by Gasteiger charge is 2.11. The first-order valence-electron chi connectivity index (χ1n) is 6.24. The monoisotopic (exact) mass is 267 g/mol. The maximum atomic E-state index is 11.9. The molecule has 0 atom stereocenters. The standard InChI is InChI=1S/C14H13N5O/c1-10-4-6-11(7-5-10)14-16-18-19(17-14)9-13(20)12-3-2-8-15-12/h2-8,15H,9H2,1H3. The van der Waals surface area contributed by atoms with E-state index in [9.17, 15) is 4.79 Å². The number of aromatic nitrogens is 5. The topological polar surface area (TPSA) is 76.5 Å². The van der Waals surface area contributed by atoms with E-state index in [1.165, 1.54) is 10.4 Å². The van der Waals surface area contributed by atoms with Gasteiger partial charge < -0.3 is 4.98 Å². The van der Waals surface area contributed by atoms with Crippen LogP contribution in [0.15, 0.2) is 42.6 Å². The summed E-state index contributed by atoms with van der Waals surface area (Å²) in [4.78, 5) is 16.1. The van der Waals surface area contributed by atoms with Crippen molar-refractivity contribution in [3.05, 3.63) is 53.9 Å². The summed E-state index contributed by atoms with van der Waals surface area (Å²) in [5.74, 6) is 0.437.